The van der Waals surface area contributed by atoms with Crippen molar-refractivity contribution in [2.24, 2.45) is 11.0 Å². The predicted molar refractivity (Wildman–Crippen MR) is 105 cm³/mol. The van der Waals surface area contributed by atoms with Crippen molar-refractivity contribution in [1.82, 2.24) is 20.0 Å². The molecule has 4 rings (SSSR count). The molecule has 0 saturated heterocycles. The van der Waals surface area contributed by atoms with E-state index in [0.29, 0.717) is 17.0 Å². The molecule has 1 aliphatic rings. The van der Waals surface area contributed by atoms with Gasteiger partial charge in [-0.2, -0.15) is 5.10 Å². The molecular weight excluding hydrogens is 362 g/mol. The maximum atomic E-state index is 12.9. The fourth-order valence-electron chi connectivity index (χ4n) is 3.29. The van der Waals surface area contributed by atoms with E-state index in [1.54, 1.807) is 29.7 Å². The van der Waals surface area contributed by atoms with Crippen molar-refractivity contribution in [2.75, 3.05) is 0 Å². The minimum absolute atomic E-state index is 0.123. The Labute approximate surface area is 159 Å². The number of hydrogen-bond acceptors (Lipinski definition) is 6. The maximum Gasteiger partial charge on any atom is 0.262 e. The Hall–Kier alpha value is -2.87. The lowest BCUT2D eigenvalue weighted by Crippen LogP contribution is -2.30. The van der Waals surface area contributed by atoms with Crippen molar-refractivity contribution >= 4 is 33.7 Å². The summed E-state index contributed by atoms with van der Waals surface area (Å²) in [4.78, 5) is 35.5. The molecule has 0 saturated carbocycles. The maximum absolute atomic E-state index is 12.9. The first kappa shape index (κ1) is 17.5. The Kier molecular flexibility index (Phi) is 4.81. The molecular formula is C19H19N5O2S. The second-order valence-electron chi connectivity index (χ2n) is 6.76. The highest BCUT2D eigenvalue weighted by atomic mass is 32.1. The summed E-state index contributed by atoms with van der Waals surface area (Å²) in [5.41, 5.74) is 4.02. The van der Waals surface area contributed by atoms with Gasteiger partial charge in [0.15, 0.2) is 0 Å². The van der Waals surface area contributed by atoms with E-state index >= 15 is 0 Å². The summed E-state index contributed by atoms with van der Waals surface area (Å²) in [6.07, 6.45) is 7.52. The molecule has 3 aromatic heterocycles. The fourth-order valence-corrected chi connectivity index (χ4v) is 4.63. The van der Waals surface area contributed by atoms with E-state index < -0.39 is 0 Å². The summed E-state index contributed by atoms with van der Waals surface area (Å²) in [5.74, 6) is 0.249. The molecule has 7 nitrogen and oxygen atoms in total. The lowest BCUT2D eigenvalue weighted by molar-refractivity contribution is -0.121. The molecule has 0 spiro atoms. The number of hydrogen-bond donors (Lipinski definition) is 1. The number of carbonyl (C=O) groups is 1. The Morgan fingerprint density at radius 3 is 3.15 bits per heavy atom. The van der Waals surface area contributed by atoms with Crippen LogP contribution in [0.4, 0.5) is 0 Å². The molecule has 3 aromatic rings. The van der Waals surface area contributed by atoms with Gasteiger partial charge in [-0.25, -0.2) is 10.4 Å². The van der Waals surface area contributed by atoms with E-state index in [2.05, 4.69) is 27.4 Å². The van der Waals surface area contributed by atoms with E-state index in [1.807, 2.05) is 6.07 Å². The van der Waals surface area contributed by atoms with Crippen molar-refractivity contribution in [3.63, 3.8) is 0 Å². The van der Waals surface area contributed by atoms with E-state index in [0.717, 1.165) is 29.7 Å². The number of carbonyl (C=O) groups excluding carboxylic acids is 1. The highest BCUT2D eigenvalue weighted by molar-refractivity contribution is 7.18. The molecule has 0 aliphatic heterocycles. The minimum atomic E-state index is -0.386. The molecule has 1 atom stereocenters. The zero-order valence-corrected chi connectivity index (χ0v) is 15.7. The quantitative estimate of drug-likeness (QED) is 0.554. The predicted octanol–water partition coefficient (Wildman–Crippen LogP) is 2.13. The summed E-state index contributed by atoms with van der Waals surface area (Å²) in [5, 5.41) is 4.55. The zero-order chi connectivity index (χ0) is 18.8. The molecule has 3 heterocycles. The smallest absolute Gasteiger partial charge is 0.262 e. The third-order valence-electron chi connectivity index (χ3n) is 4.67. The van der Waals surface area contributed by atoms with Crippen LogP contribution in [0, 0.1) is 5.92 Å². The first-order valence-electron chi connectivity index (χ1n) is 8.84. The highest BCUT2D eigenvalue weighted by Crippen LogP contribution is 2.35. The molecule has 0 unspecified atom stereocenters. The average Bonchev–Trinajstić information content (AvgIpc) is 3.03. The molecule has 27 heavy (non-hydrogen) atoms. The van der Waals surface area contributed by atoms with Gasteiger partial charge in [0.25, 0.3) is 11.5 Å². The molecule has 8 heteroatoms. The molecule has 0 fully saturated rings. The lowest BCUT2D eigenvalue weighted by atomic mass is 9.89. The average molecular weight is 381 g/mol. The van der Waals surface area contributed by atoms with Gasteiger partial charge in [0, 0.05) is 11.1 Å². The van der Waals surface area contributed by atoms with Crippen LogP contribution in [0.15, 0.2) is 40.6 Å². The first-order chi connectivity index (χ1) is 13.1. The van der Waals surface area contributed by atoms with Crippen LogP contribution in [-0.2, 0) is 24.2 Å². The number of nitrogens with zero attached hydrogens (tertiary/aromatic N) is 4. The van der Waals surface area contributed by atoms with Gasteiger partial charge in [0.1, 0.15) is 11.4 Å². The van der Waals surface area contributed by atoms with Crippen molar-refractivity contribution in [3.05, 3.63) is 57.2 Å². The molecule has 1 N–H and O–H groups in total. The van der Waals surface area contributed by atoms with Crippen LogP contribution in [-0.4, -0.2) is 26.7 Å². The third-order valence-corrected chi connectivity index (χ3v) is 5.83. The Balaban J connectivity index is 1.52. The number of aromatic nitrogens is 3. The summed E-state index contributed by atoms with van der Waals surface area (Å²) in [6.45, 7) is 2.11. The Bertz CT molecular complexity index is 1070. The van der Waals surface area contributed by atoms with Crippen LogP contribution in [0.5, 0.6) is 0 Å². The van der Waals surface area contributed by atoms with Crippen LogP contribution in [0.25, 0.3) is 10.2 Å². The number of amides is 1. The van der Waals surface area contributed by atoms with Crippen LogP contribution in [0.1, 0.15) is 29.5 Å². The summed E-state index contributed by atoms with van der Waals surface area (Å²) in [6, 6.07) is 5.41. The number of hydrazone groups is 1. The van der Waals surface area contributed by atoms with Crippen molar-refractivity contribution in [2.45, 2.75) is 32.7 Å². The zero-order valence-electron chi connectivity index (χ0n) is 14.9. The number of aryl methyl sites for hydroxylation is 1. The number of pyridine rings is 1. The molecule has 0 bridgehead atoms. The molecule has 0 aromatic carbocycles. The fraction of sp³-hybridized carbons (Fsp3) is 0.316. The summed E-state index contributed by atoms with van der Waals surface area (Å²) >= 11 is 1.60. The summed E-state index contributed by atoms with van der Waals surface area (Å²) in [7, 11) is 0. The van der Waals surface area contributed by atoms with Gasteiger partial charge >= 0.3 is 0 Å². The second kappa shape index (κ2) is 7.40. The van der Waals surface area contributed by atoms with Gasteiger partial charge in [0.05, 0.1) is 23.6 Å². The van der Waals surface area contributed by atoms with Crippen LogP contribution < -0.4 is 11.0 Å². The van der Waals surface area contributed by atoms with Gasteiger partial charge in [-0.1, -0.05) is 13.0 Å². The Morgan fingerprint density at radius 2 is 2.33 bits per heavy atom. The van der Waals surface area contributed by atoms with Crippen LogP contribution in [0.3, 0.4) is 0 Å². The van der Waals surface area contributed by atoms with E-state index in [1.165, 1.54) is 22.0 Å². The molecule has 138 valence electrons. The summed E-state index contributed by atoms with van der Waals surface area (Å²) < 4.78 is 1.35. The number of fused-ring (bicyclic) bond motifs is 3. The molecule has 1 amide bonds. The second-order valence-corrected chi connectivity index (χ2v) is 7.84. The largest absolute Gasteiger partial charge is 0.289 e. The molecule has 1 aliphatic carbocycles. The SMILES string of the molecule is C[C@H]1CCc2c(sc3ncn(CC(=O)NN=Cc4ccccn4)c(=O)c23)C1. The van der Waals surface area contributed by atoms with Gasteiger partial charge in [-0.3, -0.25) is 19.1 Å². The normalized spacial score (nSPS) is 16.6. The molecule has 0 radical (unpaired) electrons. The Morgan fingerprint density at radius 1 is 1.44 bits per heavy atom. The van der Waals surface area contributed by atoms with Crippen LogP contribution in [0.2, 0.25) is 0 Å². The van der Waals surface area contributed by atoms with E-state index in [-0.39, 0.29) is 18.0 Å². The third kappa shape index (κ3) is 3.66. The minimum Gasteiger partial charge on any atom is -0.289 e. The van der Waals surface area contributed by atoms with Crippen LogP contribution >= 0.6 is 11.3 Å². The van der Waals surface area contributed by atoms with Gasteiger partial charge < -0.3 is 0 Å². The monoisotopic (exact) mass is 381 g/mol. The van der Waals surface area contributed by atoms with E-state index in [9.17, 15) is 9.59 Å². The number of nitrogens with one attached hydrogen (secondary N) is 1. The van der Waals surface area contributed by atoms with Gasteiger partial charge in [0.2, 0.25) is 0 Å². The number of thiophene rings is 1. The van der Waals surface area contributed by atoms with Crippen molar-refractivity contribution in [1.29, 1.82) is 0 Å². The van der Waals surface area contributed by atoms with E-state index in [4.69, 9.17) is 0 Å². The van der Waals surface area contributed by atoms with Gasteiger partial charge in [-0.15, -0.1) is 11.3 Å². The van der Waals surface area contributed by atoms with Gasteiger partial charge in [-0.05, 0) is 42.9 Å². The van der Waals surface area contributed by atoms with Crippen molar-refractivity contribution in [3.8, 4) is 0 Å². The topological polar surface area (TPSA) is 89.2 Å². The highest BCUT2D eigenvalue weighted by Gasteiger charge is 2.23. The number of rotatable bonds is 4. The standard InChI is InChI=1S/C19H19N5O2S/c1-12-5-6-14-15(8-12)27-18-17(14)19(26)24(11-21-18)10-16(25)23-22-9-13-4-2-3-7-20-13/h2-4,7,9,11-12H,5-6,8,10H2,1H3,(H,23,25)/t12-/m0/s1. The van der Waals surface area contributed by atoms with Crippen molar-refractivity contribution < 1.29 is 4.79 Å². The first-order valence-corrected chi connectivity index (χ1v) is 9.66. The lowest BCUT2D eigenvalue weighted by Gasteiger charge is -2.17.